The molecule has 2 aromatic carbocycles. The molecule has 0 radical (unpaired) electrons. The maximum atomic E-state index is 12.8. The van der Waals surface area contributed by atoms with Crippen LogP contribution in [0.2, 0.25) is 0 Å². The fraction of sp³-hybridized carbons (Fsp3) is 0.273. The number of nitrogens with zero attached hydrogens (tertiary/aromatic N) is 4. The van der Waals surface area contributed by atoms with E-state index in [1.807, 2.05) is 63.2 Å². The first-order valence-electron chi connectivity index (χ1n) is 13.8. The third kappa shape index (κ3) is 4.62. The van der Waals surface area contributed by atoms with Gasteiger partial charge in [0.05, 0.1) is 42.1 Å². The topological polar surface area (TPSA) is 73.4 Å². The fourth-order valence-electron chi connectivity index (χ4n) is 5.39. The summed E-state index contributed by atoms with van der Waals surface area (Å²) in [5.41, 5.74) is 7.10. The number of carbonyl (C=O) groups excluding carboxylic acids is 1. The molecule has 1 fully saturated rings. The molecule has 5 aromatic rings. The van der Waals surface area contributed by atoms with Gasteiger partial charge in [-0.2, -0.15) is 0 Å². The van der Waals surface area contributed by atoms with Crippen LogP contribution in [-0.2, 0) is 17.3 Å². The number of ether oxygens (including phenoxy) is 1. The zero-order valence-corrected chi connectivity index (χ0v) is 23.4. The fourth-order valence-corrected chi connectivity index (χ4v) is 5.39. The molecule has 6 rings (SSSR count). The molecular weight excluding hydrogens is 498 g/mol. The average Bonchev–Trinajstić information content (AvgIpc) is 3.54. The molecule has 0 aliphatic heterocycles. The molecule has 0 unspecified atom stereocenters. The standard InChI is InChI=1S/C33H33N5O2/c1-5-32(2,3)40-31(39)36-33(17-9-18-33)26-14-12-23(13-15-26)29-30(24-10-7-6-8-11-24)38-19-16-25(20-28(38)35-29)27-21-34-22-37(27)4/h5-8,10-16,19-22H,9,17-18H2,1-4H3/p+1. The molecule has 1 saturated carbocycles. The third-order valence-electron chi connectivity index (χ3n) is 8.10. The minimum Gasteiger partial charge on any atom is -0.403 e. The number of pyridine rings is 1. The first kappa shape index (κ1) is 25.7. The van der Waals surface area contributed by atoms with Crippen LogP contribution in [0.1, 0.15) is 45.6 Å². The van der Waals surface area contributed by atoms with E-state index in [0.29, 0.717) is 0 Å². The summed E-state index contributed by atoms with van der Waals surface area (Å²) in [6.07, 6.45) is 10.1. The van der Waals surface area contributed by atoms with Gasteiger partial charge in [-0.25, -0.2) is 14.8 Å². The van der Waals surface area contributed by atoms with E-state index in [9.17, 15) is 4.79 Å². The Bertz CT molecular complexity index is 1660. The van der Waals surface area contributed by atoms with E-state index in [2.05, 4.69) is 69.4 Å². The van der Waals surface area contributed by atoms with Gasteiger partial charge < -0.3 is 14.6 Å². The summed E-state index contributed by atoms with van der Waals surface area (Å²) in [5, 5.41) is 3.17. The second-order valence-corrected chi connectivity index (χ2v) is 11.1. The van der Waals surface area contributed by atoms with Gasteiger partial charge >= 0.3 is 6.09 Å². The largest absolute Gasteiger partial charge is 0.411 e. The van der Waals surface area contributed by atoms with Crippen LogP contribution in [0.15, 0.2) is 85.5 Å². The summed E-state index contributed by atoms with van der Waals surface area (Å²) in [6, 6.07) is 23.0. The van der Waals surface area contributed by atoms with Crippen LogP contribution in [0.3, 0.4) is 0 Å². The maximum absolute atomic E-state index is 12.8. The normalized spacial score (nSPS) is 14.5. The Morgan fingerprint density at radius 2 is 1.77 bits per heavy atom. The number of aromatic nitrogens is 4. The first-order chi connectivity index (χ1) is 19.3. The number of fused-ring (bicyclic) bond motifs is 1. The van der Waals surface area contributed by atoms with Crippen LogP contribution >= 0.6 is 0 Å². The van der Waals surface area contributed by atoms with E-state index >= 15 is 0 Å². The number of nitrogens with one attached hydrogen (secondary N) is 1. The molecule has 7 heteroatoms. The number of imidazole rings is 2. The lowest BCUT2D eigenvalue weighted by Gasteiger charge is -2.43. The van der Waals surface area contributed by atoms with Crippen molar-refractivity contribution in [3.8, 4) is 33.8 Å². The first-order valence-corrected chi connectivity index (χ1v) is 13.8. The highest BCUT2D eigenvalue weighted by Gasteiger charge is 2.42. The summed E-state index contributed by atoms with van der Waals surface area (Å²) >= 11 is 0. The molecule has 3 heterocycles. The SMILES string of the molecule is C[CH+]C(C)(C)OC(=O)NC1(c2ccc(-c3nc4cc(-c5cncn5C)ccn4c3-c3ccccc3)cc2)CCC1. The number of amides is 1. The second kappa shape index (κ2) is 9.90. The lowest BCUT2D eigenvalue weighted by molar-refractivity contribution is 0.0455. The average molecular weight is 533 g/mol. The monoisotopic (exact) mass is 532 g/mol. The molecule has 0 saturated heterocycles. The van der Waals surface area contributed by atoms with Gasteiger partial charge in [0.1, 0.15) is 12.1 Å². The van der Waals surface area contributed by atoms with E-state index in [4.69, 9.17) is 9.72 Å². The van der Waals surface area contributed by atoms with Crippen LogP contribution in [0.5, 0.6) is 0 Å². The van der Waals surface area contributed by atoms with Gasteiger partial charge in [-0.15, -0.1) is 0 Å². The Balaban J connectivity index is 1.37. The molecule has 40 heavy (non-hydrogen) atoms. The molecule has 1 aliphatic carbocycles. The van der Waals surface area contributed by atoms with Gasteiger partial charge in [-0.05, 0) is 37.0 Å². The molecule has 202 valence electrons. The quantitative estimate of drug-likeness (QED) is 0.225. The Morgan fingerprint density at radius 3 is 2.40 bits per heavy atom. The summed E-state index contributed by atoms with van der Waals surface area (Å²) in [5.74, 6) is 0. The van der Waals surface area contributed by atoms with Crippen molar-refractivity contribution in [2.24, 2.45) is 7.05 Å². The molecule has 1 amide bonds. The predicted molar refractivity (Wildman–Crippen MR) is 157 cm³/mol. The third-order valence-corrected chi connectivity index (χ3v) is 8.10. The highest BCUT2D eigenvalue weighted by molar-refractivity contribution is 5.83. The van der Waals surface area contributed by atoms with Gasteiger partial charge in [-0.3, -0.25) is 4.40 Å². The highest BCUT2D eigenvalue weighted by atomic mass is 16.6. The second-order valence-electron chi connectivity index (χ2n) is 11.1. The van der Waals surface area contributed by atoms with Crippen LogP contribution in [0, 0.1) is 6.42 Å². The molecule has 0 bridgehead atoms. The minimum absolute atomic E-state index is 0.386. The van der Waals surface area contributed by atoms with Crippen molar-refractivity contribution in [3.63, 3.8) is 0 Å². The highest BCUT2D eigenvalue weighted by Crippen LogP contribution is 2.42. The van der Waals surface area contributed by atoms with Crippen molar-refractivity contribution < 1.29 is 9.53 Å². The number of aryl methyl sites for hydroxylation is 1. The Labute approximate surface area is 234 Å². The number of carbonyl (C=O) groups is 1. The summed E-state index contributed by atoms with van der Waals surface area (Å²) in [6.45, 7) is 5.66. The van der Waals surface area contributed by atoms with E-state index < -0.39 is 11.1 Å². The van der Waals surface area contributed by atoms with Crippen molar-refractivity contribution in [3.05, 3.63) is 97.4 Å². The number of alkyl carbamates (subject to hydrolysis) is 1. The number of hydrogen-bond acceptors (Lipinski definition) is 4. The number of rotatable bonds is 7. The summed E-state index contributed by atoms with van der Waals surface area (Å²) in [7, 11) is 1.99. The van der Waals surface area contributed by atoms with E-state index in [0.717, 1.165) is 64.2 Å². The van der Waals surface area contributed by atoms with Crippen molar-refractivity contribution in [2.45, 2.75) is 51.2 Å². The van der Waals surface area contributed by atoms with Crippen LogP contribution < -0.4 is 5.32 Å². The molecule has 7 nitrogen and oxygen atoms in total. The van der Waals surface area contributed by atoms with Gasteiger partial charge in [0.15, 0.2) is 0 Å². The van der Waals surface area contributed by atoms with Crippen molar-refractivity contribution >= 4 is 11.7 Å². The predicted octanol–water partition coefficient (Wildman–Crippen LogP) is 7.18. The Morgan fingerprint density at radius 1 is 1.02 bits per heavy atom. The maximum Gasteiger partial charge on any atom is 0.411 e. The molecule has 0 atom stereocenters. The van der Waals surface area contributed by atoms with Gasteiger partial charge in [0.2, 0.25) is 5.60 Å². The summed E-state index contributed by atoms with van der Waals surface area (Å²) < 4.78 is 9.81. The van der Waals surface area contributed by atoms with Crippen LogP contribution in [0.4, 0.5) is 4.79 Å². The van der Waals surface area contributed by atoms with Crippen LogP contribution in [-0.4, -0.2) is 30.6 Å². The van der Waals surface area contributed by atoms with Crippen molar-refractivity contribution in [1.29, 1.82) is 0 Å². The molecular formula is C33H34N5O2+. The van der Waals surface area contributed by atoms with E-state index in [1.165, 1.54) is 0 Å². The smallest absolute Gasteiger partial charge is 0.403 e. The lowest BCUT2D eigenvalue weighted by atomic mass is 9.71. The van der Waals surface area contributed by atoms with Crippen LogP contribution in [0.25, 0.3) is 39.4 Å². The molecule has 1 N–H and O–H groups in total. The van der Waals surface area contributed by atoms with E-state index in [1.54, 1.807) is 6.33 Å². The van der Waals surface area contributed by atoms with E-state index in [-0.39, 0.29) is 6.09 Å². The summed E-state index contributed by atoms with van der Waals surface area (Å²) in [4.78, 5) is 22.2. The Hall–Kier alpha value is -4.52. The number of benzene rings is 2. The minimum atomic E-state index is -0.619. The zero-order valence-electron chi connectivity index (χ0n) is 23.4. The van der Waals surface area contributed by atoms with Gasteiger partial charge in [-0.1, -0.05) is 54.6 Å². The van der Waals surface area contributed by atoms with Gasteiger partial charge in [0.25, 0.3) is 0 Å². The Kier molecular flexibility index (Phi) is 6.37. The van der Waals surface area contributed by atoms with Crippen molar-refractivity contribution in [1.82, 2.24) is 24.3 Å². The lowest BCUT2D eigenvalue weighted by Crippen LogP contribution is -2.52. The van der Waals surface area contributed by atoms with Gasteiger partial charge in [0, 0.05) is 43.8 Å². The number of hydrogen-bond donors (Lipinski definition) is 1. The van der Waals surface area contributed by atoms with Crippen molar-refractivity contribution in [2.75, 3.05) is 0 Å². The zero-order chi connectivity index (χ0) is 27.9. The molecule has 0 spiro atoms. The molecule has 3 aromatic heterocycles. The molecule has 1 aliphatic rings.